The predicted molar refractivity (Wildman–Crippen MR) is 103 cm³/mol. The summed E-state index contributed by atoms with van der Waals surface area (Å²) in [6, 6.07) is 12.1. The Balaban J connectivity index is 0.00000182. The van der Waals surface area contributed by atoms with E-state index < -0.39 is 0 Å². The standard InChI is InChI=1S/C18H16N4OS.ClH/c23-17(15-6-9-20-15)22-18-21-16(11-24-18)14-3-1-2-13(10-14)12-4-7-19-8-5-12;/h1-5,7-8,10-11,15,20H,6,9H2,(H,21,22,23);1H. The van der Waals surface area contributed by atoms with Gasteiger partial charge < -0.3 is 10.6 Å². The summed E-state index contributed by atoms with van der Waals surface area (Å²) in [7, 11) is 0. The van der Waals surface area contributed by atoms with E-state index in [2.05, 4.69) is 32.7 Å². The van der Waals surface area contributed by atoms with E-state index in [-0.39, 0.29) is 24.4 Å². The second kappa shape index (κ2) is 7.74. The first kappa shape index (κ1) is 17.5. The van der Waals surface area contributed by atoms with Crippen LogP contribution in [0.5, 0.6) is 0 Å². The molecular weight excluding hydrogens is 356 g/mol. The number of nitrogens with one attached hydrogen (secondary N) is 2. The number of halogens is 1. The highest BCUT2D eigenvalue weighted by atomic mass is 35.5. The van der Waals surface area contributed by atoms with E-state index in [0.717, 1.165) is 35.3 Å². The van der Waals surface area contributed by atoms with Crippen LogP contribution in [-0.2, 0) is 4.79 Å². The number of pyridine rings is 1. The Kier molecular flexibility index (Phi) is 5.43. The van der Waals surface area contributed by atoms with Gasteiger partial charge in [-0.15, -0.1) is 23.7 Å². The zero-order chi connectivity index (χ0) is 16.4. The normalized spacial score (nSPS) is 15.8. The lowest BCUT2D eigenvalue weighted by atomic mass is 10.0. The number of thiazole rings is 1. The van der Waals surface area contributed by atoms with Crippen LogP contribution in [0, 0.1) is 0 Å². The van der Waals surface area contributed by atoms with Crippen LogP contribution in [0.25, 0.3) is 22.4 Å². The van der Waals surface area contributed by atoms with Gasteiger partial charge in [0.05, 0.1) is 11.7 Å². The first-order chi connectivity index (χ1) is 11.8. The molecule has 3 aromatic rings. The van der Waals surface area contributed by atoms with Crippen LogP contribution in [0.4, 0.5) is 5.13 Å². The zero-order valence-electron chi connectivity index (χ0n) is 13.3. The van der Waals surface area contributed by atoms with E-state index in [0.29, 0.717) is 5.13 Å². The average Bonchev–Trinajstić information content (AvgIpc) is 3.02. The average molecular weight is 373 g/mol. The second-order valence-corrected chi connectivity index (χ2v) is 6.50. The van der Waals surface area contributed by atoms with Gasteiger partial charge in [-0.3, -0.25) is 9.78 Å². The smallest absolute Gasteiger partial charge is 0.243 e. The molecule has 25 heavy (non-hydrogen) atoms. The molecule has 1 unspecified atom stereocenters. The van der Waals surface area contributed by atoms with Gasteiger partial charge in [0, 0.05) is 23.3 Å². The number of hydrogen-bond acceptors (Lipinski definition) is 5. The molecule has 1 aliphatic rings. The SMILES string of the molecule is Cl.O=C(Nc1nc(-c2cccc(-c3ccncc3)c2)cs1)C1CCN1. The van der Waals surface area contributed by atoms with E-state index in [1.165, 1.54) is 11.3 Å². The summed E-state index contributed by atoms with van der Waals surface area (Å²) in [6.45, 7) is 0.906. The van der Waals surface area contributed by atoms with Crippen LogP contribution >= 0.6 is 23.7 Å². The highest BCUT2D eigenvalue weighted by Gasteiger charge is 2.25. The van der Waals surface area contributed by atoms with Gasteiger partial charge >= 0.3 is 0 Å². The Bertz CT molecular complexity index is 864. The number of rotatable bonds is 4. The van der Waals surface area contributed by atoms with Gasteiger partial charge in [0.2, 0.25) is 5.91 Å². The third-order valence-electron chi connectivity index (χ3n) is 4.05. The zero-order valence-corrected chi connectivity index (χ0v) is 14.9. The quantitative estimate of drug-likeness (QED) is 0.734. The number of anilines is 1. The molecule has 1 fully saturated rings. The molecule has 2 N–H and O–H groups in total. The Hall–Kier alpha value is -2.28. The summed E-state index contributed by atoms with van der Waals surface area (Å²) < 4.78 is 0. The summed E-state index contributed by atoms with van der Waals surface area (Å²) in [5.74, 6) is -0.00677. The Morgan fingerprint density at radius 2 is 1.92 bits per heavy atom. The van der Waals surface area contributed by atoms with E-state index in [4.69, 9.17) is 0 Å². The number of benzene rings is 1. The van der Waals surface area contributed by atoms with Gasteiger partial charge in [0.1, 0.15) is 0 Å². The van der Waals surface area contributed by atoms with Crippen LogP contribution in [0.2, 0.25) is 0 Å². The van der Waals surface area contributed by atoms with Gasteiger partial charge in [0.15, 0.2) is 5.13 Å². The van der Waals surface area contributed by atoms with Crippen molar-refractivity contribution in [2.45, 2.75) is 12.5 Å². The number of nitrogens with zero attached hydrogens (tertiary/aromatic N) is 2. The molecule has 5 nitrogen and oxygen atoms in total. The second-order valence-electron chi connectivity index (χ2n) is 5.64. The van der Waals surface area contributed by atoms with Crippen molar-refractivity contribution >= 4 is 34.8 Å². The van der Waals surface area contributed by atoms with Crippen molar-refractivity contribution in [3.63, 3.8) is 0 Å². The summed E-state index contributed by atoms with van der Waals surface area (Å²) in [6.07, 6.45) is 4.46. The Morgan fingerprint density at radius 3 is 2.64 bits per heavy atom. The number of amides is 1. The number of hydrogen-bond donors (Lipinski definition) is 2. The summed E-state index contributed by atoms with van der Waals surface area (Å²) in [5.41, 5.74) is 4.13. The van der Waals surface area contributed by atoms with Crippen LogP contribution in [0.1, 0.15) is 6.42 Å². The fraction of sp³-hybridized carbons (Fsp3) is 0.167. The minimum Gasteiger partial charge on any atom is -0.306 e. The van der Waals surface area contributed by atoms with E-state index in [1.807, 2.05) is 29.6 Å². The van der Waals surface area contributed by atoms with Crippen molar-refractivity contribution in [1.82, 2.24) is 15.3 Å². The fourth-order valence-corrected chi connectivity index (χ4v) is 3.29. The van der Waals surface area contributed by atoms with E-state index in [9.17, 15) is 4.79 Å². The molecule has 1 aliphatic heterocycles. The molecule has 1 amide bonds. The maximum absolute atomic E-state index is 12.0. The molecule has 0 aliphatic carbocycles. The lowest BCUT2D eigenvalue weighted by Gasteiger charge is -2.25. The van der Waals surface area contributed by atoms with E-state index >= 15 is 0 Å². The van der Waals surface area contributed by atoms with Gasteiger partial charge in [-0.05, 0) is 42.3 Å². The third-order valence-corrected chi connectivity index (χ3v) is 4.80. The number of carbonyl (C=O) groups is 1. The summed E-state index contributed by atoms with van der Waals surface area (Å²) in [5, 5.41) is 8.57. The Morgan fingerprint density at radius 1 is 1.16 bits per heavy atom. The first-order valence-electron chi connectivity index (χ1n) is 7.80. The van der Waals surface area contributed by atoms with Crippen molar-refractivity contribution in [1.29, 1.82) is 0 Å². The lowest BCUT2D eigenvalue weighted by molar-refractivity contribution is -0.119. The minimum absolute atomic E-state index is 0. The predicted octanol–water partition coefficient (Wildman–Crippen LogP) is 3.59. The van der Waals surface area contributed by atoms with E-state index in [1.54, 1.807) is 12.4 Å². The highest BCUT2D eigenvalue weighted by molar-refractivity contribution is 7.14. The van der Waals surface area contributed by atoms with Gasteiger partial charge in [-0.2, -0.15) is 0 Å². The van der Waals surface area contributed by atoms with Crippen molar-refractivity contribution in [2.24, 2.45) is 0 Å². The molecule has 0 radical (unpaired) electrons. The Labute approximate surface area is 155 Å². The lowest BCUT2D eigenvalue weighted by Crippen LogP contribution is -2.50. The molecule has 2 aromatic heterocycles. The van der Waals surface area contributed by atoms with Crippen LogP contribution in [0.3, 0.4) is 0 Å². The fourth-order valence-electron chi connectivity index (χ4n) is 2.57. The monoisotopic (exact) mass is 372 g/mol. The molecule has 4 rings (SSSR count). The third kappa shape index (κ3) is 3.87. The van der Waals surface area contributed by atoms with Crippen molar-refractivity contribution in [3.8, 4) is 22.4 Å². The van der Waals surface area contributed by atoms with Crippen molar-refractivity contribution < 1.29 is 4.79 Å². The first-order valence-corrected chi connectivity index (χ1v) is 8.68. The van der Waals surface area contributed by atoms with Crippen LogP contribution < -0.4 is 10.6 Å². The van der Waals surface area contributed by atoms with Gasteiger partial charge in [-0.25, -0.2) is 4.98 Å². The molecule has 1 saturated heterocycles. The minimum atomic E-state index is -0.0765. The summed E-state index contributed by atoms with van der Waals surface area (Å²) in [4.78, 5) is 20.6. The van der Waals surface area contributed by atoms with Gasteiger partial charge in [-0.1, -0.05) is 18.2 Å². The highest BCUT2D eigenvalue weighted by Crippen LogP contribution is 2.28. The molecule has 7 heteroatoms. The molecule has 0 saturated carbocycles. The van der Waals surface area contributed by atoms with Crippen molar-refractivity contribution in [2.75, 3.05) is 11.9 Å². The topological polar surface area (TPSA) is 66.9 Å². The van der Waals surface area contributed by atoms with Crippen LogP contribution in [0.15, 0.2) is 54.2 Å². The number of aromatic nitrogens is 2. The van der Waals surface area contributed by atoms with Crippen molar-refractivity contribution in [3.05, 3.63) is 54.2 Å². The van der Waals surface area contributed by atoms with Gasteiger partial charge in [0.25, 0.3) is 0 Å². The van der Waals surface area contributed by atoms with Crippen LogP contribution in [-0.4, -0.2) is 28.5 Å². The molecular formula is C18H17ClN4OS. The largest absolute Gasteiger partial charge is 0.306 e. The molecule has 3 heterocycles. The molecule has 128 valence electrons. The maximum Gasteiger partial charge on any atom is 0.243 e. The summed E-state index contributed by atoms with van der Waals surface area (Å²) >= 11 is 1.45. The number of carbonyl (C=O) groups excluding carboxylic acids is 1. The molecule has 0 spiro atoms. The maximum atomic E-state index is 12.0. The molecule has 1 aromatic carbocycles. The molecule has 1 atom stereocenters. The molecule has 0 bridgehead atoms.